The van der Waals surface area contributed by atoms with E-state index in [0.717, 1.165) is 6.42 Å². The Morgan fingerprint density at radius 2 is 2.50 bits per heavy atom. The summed E-state index contributed by atoms with van der Waals surface area (Å²) in [5, 5.41) is 2.03. The maximum atomic E-state index is 11.4. The summed E-state index contributed by atoms with van der Waals surface area (Å²) in [6, 6.07) is 2.05. The molecule has 0 saturated heterocycles. The van der Waals surface area contributed by atoms with Crippen LogP contribution in [0.1, 0.15) is 22.9 Å². The minimum atomic E-state index is -0.139. The van der Waals surface area contributed by atoms with Crippen molar-refractivity contribution in [3.05, 3.63) is 21.9 Å². The predicted molar refractivity (Wildman–Crippen MR) is 55.1 cm³/mol. The van der Waals surface area contributed by atoms with Gasteiger partial charge in [-0.1, -0.05) is 0 Å². The third-order valence-electron chi connectivity index (χ3n) is 2.68. The molecule has 0 bridgehead atoms. The Hall–Kier alpha value is -0.870. The number of ether oxygens (including phenoxy) is 1. The standard InChI is InChI=1S/C10H13NO2S/c1-13-10(12)6-4-8(11)7-2-3-14-9(7)5-6/h2-3,6,8H,4-5,11H2,1H3. The summed E-state index contributed by atoms with van der Waals surface area (Å²) in [4.78, 5) is 12.6. The topological polar surface area (TPSA) is 52.3 Å². The Labute approximate surface area is 86.9 Å². The molecule has 3 nitrogen and oxygen atoms in total. The molecule has 0 aromatic carbocycles. The molecule has 0 radical (unpaired) electrons. The molecular formula is C10H13NO2S. The number of nitrogens with two attached hydrogens (primary N) is 1. The van der Waals surface area contributed by atoms with E-state index >= 15 is 0 Å². The van der Waals surface area contributed by atoms with E-state index in [1.54, 1.807) is 11.3 Å². The molecule has 1 aliphatic rings. The minimum Gasteiger partial charge on any atom is -0.469 e. The van der Waals surface area contributed by atoms with Crippen molar-refractivity contribution in [1.29, 1.82) is 0 Å². The molecule has 1 heterocycles. The summed E-state index contributed by atoms with van der Waals surface area (Å²) in [6.45, 7) is 0. The summed E-state index contributed by atoms with van der Waals surface area (Å²) < 4.78 is 4.74. The van der Waals surface area contributed by atoms with Crippen LogP contribution in [0.5, 0.6) is 0 Å². The molecule has 0 fully saturated rings. The van der Waals surface area contributed by atoms with Crippen LogP contribution in [0, 0.1) is 5.92 Å². The van der Waals surface area contributed by atoms with E-state index in [1.807, 2.05) is 5.38 Å². The largest absolute Gasteiger partial charge is 0.469 e. The Balaban J connectivity index is 2.21. The van der Waals surface area contributed by atoms with Gasteiger partial charge in [0.25, 0.3) is 0 Å². The smallest absolute Gasteiger partial charge is 0.309 e. The second kappa shape index (κ2) is 3.71. The first-order valence-corrected chi connectivity index (χ1v) is 5.50. The highest BCUT2D eigenvalue weighted by molar-refractivity contribution is 7.10. The van der Waals surface area contributed by atoms with E-state index in [4.69, 9.17) is 10.5 Å². The maximum Gasteiger partial charge on any atom is 0.309 e. The first-order chi connectivity index (χ1) is 6.72. The van der Waals surface area contributed by atoms with Crippen LogP contribution in [0.2, 0.25) is 0 Å². The number of fused-ring (bicyclic) bond motifs is 1. The quantitative estimate of drug-likeness (QED) is 0.716. The molecule has 4 heteroatoms. The zero-order chi connectivity index (χ0) is 10.1. The highest BCUT2D eigenvalue weighted by Gasteiger charge is 2.30. The summed E-state index contributed by atoms with van der Waals surface area (Å²) >= 11 is 1.67. The van der Waals surface area contributed by atoms with Crippen molar-refractivity contribution >= 4 is 17.3 Å². The van der Waals surface area contributed by atoms with Gasteiger partial charge in [-0.2, -0.15) is 0 Å². The highest BCUT2D eigenvalue weighted by atomic mass is 32.1. The minimum absolute atomic E-state index is 0.00546. The molecule has 0 spiro atoms. The summed E-state index contributed by atoms with van der Waals surface area (Å²) in [7, 11) is 1.43. The zero-order valence-corrected chi connectivity index (χ0v) is 8.84. The summed E-state index contributed by atoms with van der Waals surface area (Å²) in [6.07, 6.45) is 1.49. The fourth-order valence-corrected chi connectivity index (χ4v) is 2.97. The van der Waals surface area contributed by atoms with Crippen LogP contribution >= 0.6 is 11.3 Å². The molecule has 1 aromatic heterocycles. The first-order valence-electron chi connectivity index (χ1n) is 4.62. The lowest BCUT2D eigenvalue weighted by atomic mass is 9.86. The normalized spacial score (nSPS) is 25.6. The van der Waals surface area contributed by atoms with Crippen LogP contribution in [-0.4, -0.2) is 13.1 Å². The van der Waals surface area contributed by atoms with E-state index in [1.165, 1.54) is 17.6 Å². The first kappa shape index (κ1) is 9.68. The van der Waals surface area contributed by atoms with Gasteiger partial charge in [0.1, 0.15) is 0 Å². The lowest BCUT2D eigenvalue weighted by Gasteiger charge is -2.24. The van der Waals surface area contributed by atoms with Gasteiger partial charge in [0, 0.05) is 10.9 Å². The lowest BCUT2D eigenvalue weighted by molar-refractivity contribution is -0.146. The monoisotopic (exact) mass is 211 g/mol. The summed E-state index contributed by atoms with van der Waals surface area (Å²) in [5.74, 6) is -0.194. The Bertz CT molecular complexity index is 348. The number of esters is 1. The molecule has 1 aromatic rings. The Kier molecular flexibility index (Phi) is 2.56. The van der Waals surface area contributed by atoms with Gasteiger partial charge in [-0.15, -0.1) is 11.3 Å². The van der Waals surface area contributed by atoms with Gasteiger partial charge >= 0.3 is 5.97 Å². The zero-order valence-electron chi connectivity index (χ0n) is 8.03. The van der Waals surface area contributed by atoms with E-state index in [2.05, 4.69) is 6.07 Å². The second-order valence-corrected chi connectivity index (χ2v) is 4.57. The van der Waals surface area contributed by atoms with E-state index in [0.29, 0.717) is 6.42 Å². The van der Waals surface area contributed by atoms with Gasteiger partial charge in [-0.05, 0) is 29.9 Å². The fourth-order valence-electron chi connectivity index (χ4n) is 1.93. The second-order valence-electron chi connectivity index (χ2n) is 3.57. The molecule has 76 valence electrons. The molecule has 0 aliphatic heterocycles. The van der Waals surface area contributed by atoms with Gasteiger partial charge in [0.2, 0.25) is 0 Å². The van der Waals surface area contributed by atoms with Crippen LogP contribution in [0.3, 0.4) is 0 Å². The number of rotatable bonds is 1. The number of thiophene rings is 1. The number of hydrogen-bond acceptors (Lipinski definition) is 4. The van der Waals surface area contributed by atoms with Crippen molar-refractivity contribution in [2.75, 3.05) is 7.11 Å². The van der Waals surface area contributed by atoms with E-state index in [-0.39, 0.29) is 17.9 Å². The van der Waals surface area contributed by atoms with Crippen molar-refractivity contribution in [2.24, 2.45) is 11.7 Å². The predicted octanol–water partition coefficient (Wildman–Crippen LogP) is 1.48. The van der Waals surface area contributed by atoms with Crippen molar-refractivity contribution in [3.8, 4) is 0 Å². The lowest BCUT2D eigenvalue weighted by Crippen LogP contribution is -2.28. The fraction of sp³-hybridized carbons (Fsp3) is 0.500. The van der Waals surface area contributed by atoms with Crippen molar-refractivity contribution in [1.82, 2.24) is 0 Å². The van der Waals surface area contributed by atoms with Crippen LogP contribution in [0.25, 0.3) is 0 Å². The molecule has 2 atom stereocenters. The van der Waals surface area contributed by atoms with Crippen molar-refractivity contribution in [3.63, 3.8) is 0 Å². The molecule has 2 rings (SSSR count). The van der Waals surface area contributed by atoms with Gasteiger partial charge in [-0.3, -0.25) is 4.79 Å². The molecule has 2 unspecified atom stereocenters. The summed E-state index contributed by atoms with van der Waals surface area (Å²) in [5.41, 5.74) is 7.18. The highest BCUT2D eigenvalue weighted by Crippen LogP contribution is 2.35. The molecule has 1 aliphatic carbocycles. The van der Waals surface area contributed by atoms with Crippen LogP contribution in [-0.2, 0) is 16.0 Å². The third-order valence-corrected chi connectivity index (χ3v) is 3.64. The number of carbonyl (C=O) groups excluding carboxylic acids is 1. The van der Waals surface area contributed by atoms with Crippen LogP contribution < -0.4 is 5.73 Å². The number of carbonyl (C=O) groups is 1. The van der Waals surface area contributed by atoms with E-state index < -0.39 is 0 Å². The average Bonchev–Trinajstić information content (AvgIpc) is 2.64. The van der Waals surface area contributed by atoms with Gasteiger partial charge in [0.15, 0.2) is 0 Å². The third kappa shape index (κ3) is 1.55. The molecule has 0 saturated carbocycles. The van der Waals surface area contributed by atoms with Crippen molar-refractivity contribution in [2.45, 2.75) is 18.9 Å². The Morgan fingerprint density at radius 3 is 3.21 bits per heavy atom. The number of hydrogen-bond donors (Lipinski definition) is 1. The average molecular weight is 211 g/mol. The van der Waals surface area contributed by atoms with Gasteiger partial charge in [0.05, 0.1) is 13.0 Å². The molecule has 14 heavy (non-hydrogen) atoms. The SMILES string of the molecule is COC(=O)C1Cc2sccc2C(N)C1. The van der Waals surface area contributed by atoms with Crippen molar-refractivity contribution < 1.29 is 9.53 Å². The Morgan fingerprint density at radius 1 is 1.71 bits per heavy atom. The van der Waals surface area contributed by atoms with Crippen LogP contribution in [0.4, 0.5) is 0 Å². The van der Waals surface area contributed by atoms with Gasteiger partial charge < -0.3 is 10.5 Å². The van der Waals surface area contributed by atoms with E-state index in [9.17, 15) is 4.79 Å². The molecule has 2 N–H and O–H groups in total. The van der Waals surface area contributed by atoms with Crippen LogP contribution in [0.15, 0.2) is 11.4 Å². The number of methoxy groups -OCH3 is 1. The van der Waals surface area contributed by atoms with Gasteiger partial charge in [-0.25, -0.2) is 0 Å². The maximum absolute atomic E-state index is 11.4. The molecular weight excluding hydrogens is 198 g/mol. The molecule has 0 amide bonds.